The number of ether oxygens (including phenoxy) is 3. The molecule has 4 atom stereocenters. The van der Waals surface area contributed by atoms with E-state index in [2.05, 4.69) is 0 Å². The van der Waals surface area contributed by atoms with Crippen molar-refractivity contribution in [2.45, 2.75) is 44.2 Å². The molecule has 0 aromatic heterocycles. The molecule has 2 saturated heterocycles. The Hall–Kier alpha value is -0.200. The van der Waals surface area contributed by atoms with Gasteiger partial charge in [-0.1, -0.05) is 0 Å². The number of aliphatic hydroxyl groups excluding tert-OH is 2. The minimum Gasteiger partial charge on any atom is -0.394 e. The summed E-state index contributed by atoms with van der Waals surface area (Å²) in [5.41, 5.74) is 0. The summed E-state index contributed by atoms with van der Waals surface area (Å²) in [5.74, 6) is -0.701. The molecule has 0 aliphatic carbocycles. The van der Waals surface area contributed by atoms with E-state index in [4.69, 9.17) is 19.3 Å². The molecule has 2 aliphatic heterocycles. The number of hydrogen-bond acceptors (Lipinski definition) is 5. The summed E-state index contributed by atoms with van der Waals surface area (Å²) in [6, 6.07) is 0. The number of hydrogen-bond donors (Lipinski definition) is 2. The van der Waals surface area contributed by atoms with E-state index in [1.807, 2.05) is 0 Å². The maximum Gasteiger partial charge on any atom is 0.184 e. The van der Waals surface area contributed by atoms with Gasteiger partial charge in [0.25, 0.3) is 0 Å². The van der Waals surface area contributed by atoms with Gasteiger partial charge in [-0.3, -0.25) is 0 Å². The third kappa shape index (κ3) is 1.47. The van der Waals surface area contributed by atoms with Gasteiger partial charge in [-0.25, -0.2) is 0 Å². The molecule has 0 spiro atoms. The number of fused-ring (bicyclic) bond motifs is 1. The van der Waals surface area contributed by atoms with E-state index in [0.29, 0.717) is 0 Å². The van der Waals surface area contributed by atoms with Crippen LogP contribution in [0.3, 0.4) is 0 Å². The highest BCUT2D eigenvalue weighted by atomic mass is 16.8. The average Bonchev–Trinajstić information content (AvgIpc) is 2.47. The lowest BCUT2D eigenvalue weighted by Crippen LogP contribution is -2.31. The molecule has 2 rings (SSSR count). The molecular formula is C8H14O5. The van der Waals surface area contributed by atoms with Crippen LogP contribution in [0.5, 0.6) is 0 Å². The maximum absolute atomic E-state index is 9.39. The van der Waals surface area contributed by atoms with E-state index in [0.717, 1.165) is 0 Å². The Morgan fingerprint density at radius 1 is 1.23 bits per heavy atom. The van der Waals surface area contributed by atoms with Gasteiger partial charge in [0, 0.05) is 0 Å². The SMILES string of the molecule is CC1(C)O[C@H]2[C@H](O1)[C@H](CO)O[C@H]2O. The van der Waals surface area contributed by atoms with Crippen molar-refractivity contribution in [3.8, 4) is 0 Å². The van der Waals surface area contributed by atoms with Crippen LogP contribution in [0.1, 0.15) is 13.8 Å². The second-order valence-electron chi connectivity index (χ2n) is 3.81. The van der Waals surface area contributed by atoms with Crippen LogP contribution in [0, 0.1) is 0 Å². The fourth-order valence-corrected chi connectivity index (χ4v) is 1.81. The largest absolute Gasteiger partial charge is 0.394 e. The Labute approximate surface area is 76.2 Å². The molecule has 13 heavy (non-hydrogen) atoms. The van der Waals surface area contributed by atoms with Crippen molar-refractivity contribution in [3.63, 3.8) is 0 Å². The lowest BCUT2D eigenvalue weighted by molar-refractivity contribution is -0.223. The first-order chi connectivity index (χ1) is 6.03. The molecule has 0 aromatic rings. The van der Waals surface area contributed by atoms with Gasteiger partial charge < -0.3 is 24.4 Å². The van der Waals surface area contributed by atoms with Gasteiger partial charge in [0.05, 0.1) is 6.61 Å². The van der Waals surface area contributed by atoms with Crippen LogP contribution in [0.2, 0.25) is 0 Å². The molecule has 0 aromatic carbocycles. The normalized spacial score (nSPS) is 48.0. The van der Waals surface area contributed by atoms with Gasteiger partial charge in [-0.15, -0.1) is 0 Å². The molecule has 0 saturated carbocycles. The standard InChI is InChI=1S/C8H14O5/c1-8(2)12-5-4(3-9)11-7(10)6(5)13-8/h4-7,9-10H,3H2,1-2H3/t4-,5+,6-,7+/m0/s1. The smallest absolute Gasteiger partial charge is 0.184 e. The minimum absolute atomic E-state index is 0.169. The van der Waals surface area contributed by atoms with Crippen molar-refractivity contribution in [1.82, 2.24) is 0 Å². The zero-order valence-electron chi connectivity index (χ0n) is 7.64. The fourth-order valence-electron chi connectivity index (χ4n) is 1.81. The first kappa shape index (κ1) is 9.36. The summed E-state index contributed by atoms with van der Waals surface area (Å²) in [6.07, 6.45) is -2.33. The predicted molar refractivity (Wildman–Crippen MR) is 41.8 cm³/mol. The van der Waals surface area contributed by atoms with Crippen LogP contribution in [0.25, 0.3) is 0 Å². The van der Waals surface area contributed by atoms with Gasteiger partial charge in [-0.2, -0.15) is 0 Å². The monoisotopic (exact) mass is 190 g/mol. The van der Waals surface area contributed by atoms with Gasteiger partial charge in [0.2, 0.25) is 0 Å². The molecular weight excluding hydrogens is 176 g/mol. The summed E-state index contributed by atoms with van der Waals surface area (Å²) in [7, 11) is 0. The summed E-state index contributed by atoms with van der Waals surface area (Å²) in [4.78, 5) is 0. The van der Waals surface area contributed by atoms with Gasteiger partial charge in [-0.05, 0) is 13.8 Å². The molecule has 0 bridgehead atoms. The first-order valence-corrected chi connectivity index (χ1v) is 4.33. The third-order valence-corrected chi connectivity index (χ3v) is 2.31. The Morgan fingerprint density at radius 3 is 2.46 bits per heavy atom. The lowest BCUT2D eigenvalue weighted by Gasteiger charge is -2.21. The van der Waals surface area contributed by atoms with E-state index < -0.39 is 24.3 Å². The Balaban J connectivity index is 2.12. The molecule has 0 radical (unpaired) electrons. The van der Waals surface area contributed by atoms with Gasteiger partial charge >= 0.3 is 0 Å². The highest BCUT2D eigenvalue weighted by Crippen LogP contribution is 2.37. The lowest BCUT2D eigenvalue weighted by atomic mass is 10.1. The van der Waals surface area contributed by atoms with Crippen LogP contribution in [0.15, 0.2) is 0 Å². The molecule has 2 N–H and O–H groups in total. The van der Waals surface area contributed by atoms with Crippen molar-refractivity contribution in [2.75, 3.05) is 6.61 Å². The summed E-state index contributed by atoms with van der Waals surface area (Å²) in [5, 5.41) is 18.3. The fraction of sp³-hybridized carbons (Fsp3) is 1.00. The molecule has 2 fully saturated rings. The van der Waals surface area contributed by atoms with Crippen molar-refractivity contribution >= 4 is 0 Å². The highest BCUT2D eigenvalue weighted by molar-refractivity contribution is 4.94. The molecule has 0 amide bonds. The van der Waals surface area contributed by atoms with Crippen molar-refractivity contribution < 1.29 is 24.4 Å². The molecule has 76 valence electrons. The highest BCUT2D eigenvalue weighted by Gasteiger charge is 2.54. The average molecular weight is 190 g/mol. The van der Waals surface area contributed by atoms with Gasteiger partial charge in [0.15, 0.2) is 12.1 Å². The van der Waals surface area contributed by atoms with E-state index in [1.54, 1.807) is 13.8 Å². The maximum atomic E-state index is 9.39. The second-order valence-corrected chi connectivity index (χ2v) is 3.81. The first-order valence-electron chi connectivity index (χ1n) is 4.33. The molecule has 5 heteroatoms. The summed E-state index contributed by atoms with van der Waals surface area (Å²) < 4.78 is 15.9. The van der Waals surface area contributed by atoms with Crippen LogP contribution in [-0.2, 0) is 14.2 Å². The van der Waals surface area contributed by atoms with Gasteiger partial charge in [0.1, 0.15) is 18.3 Å². The van der Waals surface area contributed by atoms with Crippen molar-refractivity contribution in [3.05, 3.63) is 0 Å². The number of rotatable bonds is 1. The quantitative estimate of drug-likeness (QED) is 0.567. The topological polar surface area (TPSA) is 68.2 Å². The zero-order valence-corrected chi connectivity index (χ0v) is 7.64. The molecule has 2 heterocycles. The van der Waals surface area contributed by atoms with Crippen LogP contribution in [-0.4, -0.2) is 47.2 Å². The van der Waals surface area contributed by atoms with Crippen LogP contribution in [0.4, 0.5) is 0 Å². The van der Waals surface area contributed by atoms with E-state index in [-0.39, 0.29) is 12.7 Å². The van der Waals surface area contributed by atoms with E-state index in [9.17, 15) is 5.11 Å². The van der Waals surface area contributed by atoms with Crippen LogP contribution >= 0.6 is 0 Å². The Bertz CT molecular complexity index is 205. The third-order valence-electron chi connectivity index (χ3n) is 2.31. The zero-order chi connectivity index (χ0) is 9.64. The Kier molecular flexibility index (Phi) is 2.08. The van der Waals surface area contributed by atoms with E-state index >= 15 is 0 Å². The molecule has 2 aliphatic rings. The summed E-state index contributed by atoms with van der Waals surface area (Å²) in [6.45, 7) is 3.37. The number of aliphatic hydroxyl groups is 2. The van der Waals surface area contributed by atoms with Crippen molar-refractivity contribution in [2.24, 2.45) is 0 Å². The van der Waals surface area contributed by atoms with Crippen LogP contribution < -0.4 is 0 Å². The Morgan fingerprint density at radius 2 is 1.85 bits per heavy atom. The molecule has 0 unspecified atom stereocenters. The molecule has 5 nitrogen and oxygen atoms in total. The predicted octanol–water partition coefficient (Wildman–Crippen LogP) is -0.784. The van der Waals surface area contributed by atoms with E-state index in [1.165, 1.54) is 0 Å². The second kappa shape index (κ2) is 2.90. The van der Waals surface area contributed by atoms with Crippen molar-refractivity contribution in [1.29, 1.82) is 0 Å². The minimum atomic E-state index is -0.996. The summed E-state index contributed by atoms with van der Waals surface area (Å²) >= 11 is 0.